The van der Waals surface area contributed by atoms with Crippen LogP contribution >= 0.6 is 0 Å². The number of aliphatic hydroxyl groups is 2. The van der Waals surface area contributed by atoms with E-state index < -0.39 is 11.2 Å². The Bertz CT molecular complexity index is 5160. The maximum absolute atomic E-state index is 12.9. The number of aromatic nitrogens is 1. The fourth-order valence-electron chi connectivity index (χ4n) is 21.8. The van der Waals surface area contributed by atoms with Crippen LogP contribution in [0.4, 0.5) is 40.1 Å². The first-order chi connectivity index (χ1) is 69.3. The lowest BCUT2D eigenvalue weighted by Crippen LogP contribution is -2.54. The van der Waals surface area contributed by atoms with Crippen molar-refractivity contribution in [2.75, 3.05) is 191 Å². The van der Waals surface area contributed by atoms with Gasteiger partial charge in [-0.05, 0) is 363 Å². The third-order valence-electron chi connectivity index (χ3n) is 31.1. The molecule has 11 heterocycles. The molecule has 29 heteroatoms. The number of aromatic amines is 1. The normalized spacial score (nSPS) is 21.4. The number of methoxy groups -OCH3 is 1. The number of fused-ring (bicyclic) bond motifs is 2. The molecule has 7 aromatic carbocycles. The number of likely N-dealkylation sites (tertiary alicyclic amines) is 10. The minimum atomic E-state index is -0.927. The van der Waals surface area contributed by atoms with Crippen molar-refractivity contribution >= 4 is 58.5 Å². The Morgan fingerprint density at radius 2 is 0.832 bits per heavy atom. The van der Waals surface area contributed by atoms with Gasteiger partial charge in [0.05, 0.1) is 25.4 Å². The van der Waals surface area contributed by atoms with E-state index in [1.807, 2.05) is 107 Å². The van der Waals surface area contributed by atoms with Gasteiger partial charge in [-0.25, -0.2) is 28.8 Å². The largest absolute Gasteiger partial charge is 0.497 e. The van der Waals surface area contributed by atoms with Crippen LogP contribution in [-0.2, 0) is 29.6 Å². The molecule has 1 aliphatic carbocycles. The number of nitrogens with one attached hydrogen (secondary N) is 9. The Morgan fingerprint density at radius 3 is 1.32 bits per heavy atom. The van der Waals surface area contributed by atoms with Crippen LogP contribution in [0.2, 0.25) is 0 Å². The van der Waals surface area contributed by atoms with Gasteiger partial charge in [-0.15, -0.1) is 0 Å². The van der Waals surface area contributed by atoms with Crippen molar-refractivity contribution in [1.29, 1.82) is 0 Å². The molecule has 11 aliphatic rings. The highest BCUT2D eigenvalue weighted by atomic mass is 16.5. The third kappa shape index (κ3) is 33.3. The molecule has 19 rings (SSSR count). The van der Waals surface area contributed by atoms with Crippen molar-refractivity contribution < 1.29 is 48.5 Å². The Labute approximate surface area is 850 Å². The fourth-order valence-corrected chi connectivity index (χ4v) is 21.8. The highest BCUT2D eigenvalue weighted by Crippen LogP contribution is 2.37. The predicted molar refractivity (Wildman–Crippen MR) is 572 cm³/mol. The molecule has 0 spiro atoms. The van der Waals surface area contributed by atoms with E-state index in [-0.39, 0.29) is 66.5 Å². The van der Waals surface area contributed by atoms with Gasteiger partial charge in [0.15, 0.2) is 0 Å². The summed E-state index contributed by atoms with van der Waals surface area (Å²) in [5, 5.41) is 48.0. The predicted octanol–water partition coefficient (Wildman–Crippen LogP) is 15.8. The molecule has 11 N–H and O–H groups in total. The summed E-state index contributed by atoms with van der Waals surface area (Å²) in [6.07, 6.45) is 26.6. The molecule has 0 saturated carbocycles. The molecule has 2 unspecified atom stereocenters. The van der Waals surface area contributed by atoms with E-state index in [1.54, 1.807) is 12.0 Å². The lowest BCUT2D eigenvalue weighted by molar-refractivity contribution is -0.0254. The minimum absolute atomic E-state index is 0.0336. The number of amides is 12. The molecule has 12 amide bonds. The molecule has 0 bridgehead atoms. The number of anilines is 2. The van der Waals surface area contributed by atoms with Crippen molar-refractivity contribution in [3.63, 3.8) is 0 Å². The zero-order valence-electron chi connectivity index (χ0n) is 86.5. The average molecular weight is 1960 g/mol. The molecule has 776 valence electrons. The monoisotopic (exact) mass is 1960 g/mol. The summed E-state index contributed by atoms with van der Waals surface area (Å²) in [6.45, 7) is 20.0. The van der Waals surface area contributed by atoms with Crippen LogP contribution < -0.4 is 47.3 Å². The van der Waals surface area contributed by atoms with Crippen LogP contribution in [0.15, 0.2) is 188 Å². The summed E-state index contributed by atoms with van der Waals surface area (Å²) in [5.74, 6) is 1.34. The van der Waals surface area contributed by atoms with Crippen LogP contribution in [-0.4, -0.2) is 329 Å². The highest BCUT2D eigenvalue weighted by molar-refractivity contribution is 5.91. The quantitative estimate of drug-likeness (QED) is 0.0404. The number of para-hydroxylation sites is 1. The van der Waals surface area contributed by atoms with E-state index in [4.69, 9.17) is 9.47 Å². The van der Waals surface area contributed by atoms with Gasteiger partial charge >= 0.3 is 36.2 Å². The second-order valence-corrected chi connectivity index (χ2v) is 42.2. The molecule has 10 aliphatic heterocycles. The molecule has 143 heavy (non-hydrogen) atoms. The molecule has 10 saturated heterocycles. The number of hydrogen-bond acceptors (Lipinski definition) is 16. The van der Waals surface area contributed by atoms with Crippen molar-refractivity contribution in [3.8, 4) is 5.75 Å². The van der Waals surface area contributed by atoms with Crippen LogP contribution in [0.1, 0.15) is 198 Å². The number of piperidine rings is 10. The molecule has 2 atom stereocenters. The lowest BCUT2D eigenvalue weighted by atomic mass is 9.85. The molecule has 29 nitrogen and oxygen atoms in total. The standard InChI is InChI=1S/C25H33N3O2.C20H28N4O.C19H29N3O2.C18H27N3O2.C17H25N3O.C15H23N3O2/c1-27-17-14-22(15-18-27)26-25(29)28-16-8-13-23(19-28)30-24(20-9-4-2-5-10-20)21-11-6-3-7-12-21;1-23-10-8-16(9-11-23)22-20(25)24-12-6-15(7-13-24)18-14-21-19-5-3-2-4-17(18)19;1-21-11-7-17(8-12-21)20-18(23)22-13-9-19(24,10-14-22)15-16-5-3-2-4-6-16;1-20-12-8-16(9-13-20)19-17(22)21-11-5-10-18(23,14-21)15-6-3-2-4-7-15;1-20-11-9-14(10-12-20)18-17(21)19-16-8-4-6-13-5-2-3-7-15(13)16;1-11-10-13(20-3)4-5-14(11)17-15(19)16-12-6-8-18(2)9-7-12/h2-7,9-12,22-24H,8,13-19H2,1H3,(H,26,29);2-5,14-16,21H,6-13H2,1H3,(H,22,25);2-6,17,24H,7-15H2,1H3,(H,20,23);2-4,6-7,16,23H,5,8-14H2,1H3,(H,19,22);4,6,8,14H,2-3,5,7,9-12H2,1H3,(H2,18,19,21);4-5,10,12H,6-9H2,1-3H3,(H2,16,17,19). The average Bonchev–Trinajstić information content (AvgIpc) is 1.76. The van der Waals surface area contributed by atoms with Crippen molar-refractivity contribution in [3.05, 3.63) is 233 Å². The highest BCUT2D eigenvalue weighted by Gasteiger charge is 2.40. The number of β-amino-alcohol motifs (C(OH)–C–C–N with tert-alkyl or cyclic N) is 1. The number of ether oxygens (including phenoxy) is 2. The lowest BCUT2D eigenvalue weighted by Gasteiger charge is -2.40. The Morgan fingerprint density at radius 1 is 0.406 bits per heavy atom. The van der Waals surface area contributed by atoms with Gasteiger partial charge < -0.3 is 116 Å². The summed E-state index contributed by atoms with van der Waals surface area (Å²) < 4.78 is 11.8. The summed E-state index contributed by atoms with van der Waals surface area (Å²) in [4.78, 5) is 99.4. The van der Waals surface area contributed by atoms with Crippen LogP contribution in [0.5, 0.6) is 5.75 Å². The van der Waals surface area contributed by atoms with Gasteiger partial charge in [0.1, 0.15) is 17.5 Å². The maximum atomic E-state index is 12.9. The Balaban J connectivity index is 0.000000137. The molecular formula is C114H165N19O10. The van der Waals surface area contributed by atoms with Crippen LogP contribution in [0, 0.1) is 6.92 Å². The number of carbonyl (C=O) groups excluding carboxylic acids is 6. The van der Waals surface area contributed by atoms with Gasteiger partial charge in [-0.2, -0.15) is 0 Å². The number of urea groups is 6. The van der Waals surface area contributed by atoms with E-state index in [0.29, 0.717) is 82.5 Å². The summed E-state index contributed by atoms with van der Waals surface area (Å²) >= 11 is 0. The van der Waals surface area contributed by atoms with E-state index in [9.17, 15) is 39.0 Å². The van der Waals surface area contributed by atoms with Gasteiger partial charge in [0.25, 0.3) is 0 Å². The Hall–Kier alpha value is -10.9. The first-order valence-corrected chi connectivity index (χ1v) is 53.4. The SMILES string of the molecule is CN1CCC(NC(=O)N2CCC(O)(Cc3ccccc3)CC2)CC1.CN1CCC(NC(=O)N2CCC(c3c[nH]c4ccccc34)CC2)CC1.CN1CCC(NC(=O)N2CCCC(O)(c3ccccc3)C2)CC1.CN1CCC(NC(=O)N2CCCC(OC(c3ccccc3)c3ccccc3)C2)CC1.CN1CCC(NC(=O)Nc2cccc3c2CCCC3)CC1.COc1ccc(NC(=O)NC2CCN(C)CC2)c(C)c1. The molecular weight excluding hydrogens is 1800 g/mol. The van der Waals surface area contributed by atoms with Crippen molar-refractivity contribution in [1.82, 2.24) is 85.9 Å². The minimum Gasteiger partial charge on any atom is -0.497 e. The van der Waals surface area contributed by atoms with Gasteiger partial charge in [0, 0.05) is 117 Å². The van der Waals surface area contributed by atoms with Crippen LogP contribution in [0.25, 0.3) is 10.9 Å². The van der Waals surface area contributed by atoms with E-state index in [0.717, 1.165) is 265 Å². The molecule has 10 fully saturated rings. The molecule has 8 aromatic rings. The molecule has 1 aromatic heterocycles. The zero-order chi connectivity index (χ0) is 100. The number of carbonyl (C=O) groups is 6. The first-order valence-electron chi connectivity index (χ1n) is 53.4. The summed E-state index contributed by atoms with van der Waals surface area (Å²) in [7, 11) is 14.4. The third-order valence-corrected chi connectivity index (χ3v) is 31.1. The number of aryl methyl sites for hydroxylation is 2. The smallest absolute Gasteiger partial charge is 0.319 e. The topological polar surface area (TPSA) is 306 Å². The van der Waals surface area contributed by atoms with E-state index in [1.165, 1.54) is 40.4 Å². The van der Waals surface area contributed by atoms with Crippen LogP contribution in [0.3, 0.4) is 0 Å². The number of hydrogen-bond donors (Lipinski definition) is 11. The summed E-state index contributed by atoms with van der Waals surface area (Å²) in [6, 6.07) is 62.7. The second-order valence-electron chi connectivity index (χ2n) is 42.2. The number of rotatable bonds is 17. The number of benzene rings is 7. The summed E-state index contributed by atoms with van der Waals surface area (Å²) in [5.41, 5.74) is 10.9. The van der Waals surface area contributed by atoms with Crippen molar-refractivity contribution in [2.45, 2.75) is 233 Å². The number of nitrogens with zero attached hydrogens (tertiary/aromatic N) is 10. The van der Waals surface area contributed by atoms with E-state index >= 15 is 0 Å². The van der Waals surface area contributed by atoms with E-state index in [2.05, 4.69) is 222 Å². The van der Waals surface area contributed by atoms with Gasteiger partial charge in [-0.3, -0.25) is 0 Å². The fraction of sp³-hybridized carbons (Fsp3) is 0.561. The number of H-pyrrole nitrogens is 1. The van der Waals surface area contributed by atoms with Gasteiger partial charge in [0.2, 0.25) is 0 Å². The van der Waals surface area contributed by atoms with Crippen molar-refractivity contribution in [2.24, 2.45) is 0 Å². The zero-order valence-corrected chi connectivity index (χ0v) is 86.5. The maximum Gasteiger partial charge on any atom is 0.319 e. The Kier molecular flexibility index (Phi) is 41.0. The van der Waals surface area contributed by atoms with Gasteiger partial charge in [-0.1, -0.05) is 152 Å². The molecule has 0 radical (unpaired) electrons. The second kappa shape index (κ2) is 54.4. The first kappa shape index (κ1) is 108.